The first-order valence-corrected chi connectivity index (χ1v) is 12.1. The van der Waals surface area contributed by atoms with Gasteiger partial charge in [0, 0.05) is 11.3 Å². The normalized spacial score (nSPS) is 13.8. The minimum absolute atomic E-state index is 0.0581. The third kappa shape index (κ3) is 5.12. The van der Waals surface area contributed by atoms with Gasteiger partial charge in [-0.15, -0.1) is 0 Å². The number of sulfonamides is 1. The Morgan fingerprint density at radius 1 is 0.909 bits per heavy atom. The van der Waals surface area contributed by atoms with Crippen LogP contribution in [0, 0.1) is 13.8 Å². The zero-order chi connectivity index (χ0) is 23.6. The van der Waals surface area contributed by atoms with E-state index in [1.54, 1.807) is 31.2 Å². The van der Waals surface area contributed by atoms with Crippen LogP contribution >= 0.6 is 0 Å². The second-order valence-corrected chi connectivity index (χ2v) is 9.70. The topological polar surface area (TPSA) is 93.7 Å². The molecule has 0 saturated carbocycles. The standard InChI is InChI=1S/C25H26N2O5S/c1-16-4-9-21(10-5-16)27-33(29,30)24-15-20(7-6-17(24)2)25(28)26-18(3)19-8-11-22-23(14-19)32-13-12-31-22/h4-11,14-15,18,27H,12-13H2,1-3H3,(H,26,28)/t18-/m0/s1. The summed E-state index contributed by atoms with van der Waals surface area (Å²) in [6, 6.07) is 16.9. The van der Waals surface area contributed by atoms with Gasteiger partial charge in [0.1, 0.15) is 13.2 Å². The number of fused-ring (bicyclic) bond motifs is 1. The van der Waals surface area contributed by atoms with Gasteiger partial charge in [-0.05, 0) is 68.3 Å². The second-order valence-electron chi connectivity index (χ2n) is 8.05. The molecule has 1 aliphatic heterocycles. The predicted octanol–water partition coefficient (Wildman–Crippen LogP) is 4.37. The highest BCUT2D eigenvalue weighted by atomic mass is 32.2. The number of nitrogens with one attached hydrogen (secondary N) is 2. The first-order chi connectivity index (χ1) is 15.7. The molecule has 0 fully saturated rings. The van der Waals surface area contributed by atoms with E-state index in [-0.39, 0.29) is 22.4 Å². The summed E-state index contributed by atoms with van der Waals surface area (Å²) in [4.78, 5) is 13.0. The fourth-order valence-corrected chi connectivity index (χ4v) is 4.89. The number of benzene rings is 3. The van der Waals surface area contributed by atoms with Crippen molar-refractivity contribution in [2.45, 2.75) is 31.7 Å². The van der Waals surface area contributed by atoms with Gasteiger partial charge in [-0.25, -0.2) is 8.42 Å². The summed E-state index contributed by atoms with van der Waals surface area (Å²) < 4.78 is 39.7. The summed E-state index contributed by atoms with van der Waals surface area (Å²) in [7, 11) is -3.86. The molecule has 2 N–H and O–H groups in total. The van der Waals surface area contributed by atoms with Crippen LogP contribution in [-0.4, -0.2) is 27.5 Å². The molecule has 1 heterocycles. The smallest absolute Gasteiger partial charge is 0.262 e. The number of anilines is 1. The summed E-state index contributed by atoms with van der Waals surface area (Å²) >= 11 is 0. The quantitative estimate of drug-likeness (QED) is 0.563. The Balaban J connectivity index is 1.53. The summed E-state index contributed by atoms with van der Waals surface area (Å²) in [6.45, 7) is 6.47. The first-order valence-electron chi connectivity index (χ1n) is 10.6. The zero-order valence-corrected chi connectivity index (χ0v) is 19.5. The van der Waals surface area contributed by atoms with E-state index in [4.69, 9.17) is 9.47 Å². The minimum atomic E-state index is -3.86. The van der Waals surface area contributed by atoms with Crippen LogP contribution in [0.25, 0.3) is 0 Å². The molecule has 0 aliphatic carbocycles. The van der Waals surface area contributed by atoms with Crippen LogP contribution in [0.5, 0.6) is 11.5 Å². The van der Waals surface area contributed by atoms with Gasteiger partial charge < -0.3 is 14.8 Å². The molecule has 3 aromatic rings. The fraction of sp³-hybridized carbons (Fsp3) is 0.240. The van der Waals surface area contributed by atoms with Crippen LogP contribution < -0.4 is 19.5 Å². The van der Waals surface area contributed by atoms with Crippen LogP contribution in [0.1, 0.15) is 40.0 Å². The maximum absolute atomic E-state index is 13.0. The Hall–Kier alpha value is -3.52. The predicted molar refractivity (Wildman–Crippen MR) is 126 cm³/mol. The lowest BCUT2D eigenvalue weighted by Gasteiger charge is -2.21. The SMILES string of the molecule is Cc1ccc(NS(=O)(=O)c2cc(C(=O)N[C@@H](C)c3ccc4c(c3)OCCO4)ccc2C)cc1. The van der Waals surface area contributed by atoms with Crippen molar-refractivity contribution < 1.29 is 22.7 Å². The van der Waals surface area contributed by atoms with E-state index < -0.39 is 10.0 Å². The van der Waals surface area contributed by atoms with Crippen LogP contribution in [-0.2, 0) is 10.0 Å². The number of carbonyl (C=O) groups is 1. The Bertz CT molecular complexity index is 1290. The maximum atomic E-state index is 13.0. The Morgan fingerprint density at radius 2 is 1.61 bits per heavy atom. The molecule has 1 aliphatic rings. The van der Waals surface area contributed by atoms with E-state index in [0.717, 1.165) is 11.1 Å². The van der Waals surface area contributed by atoms with Gasteiger partial charge >= 0.3 is 0 Å². The molecule has 0 saturated heterocycles. The molecule has 172 valence electrons. The van der Waals surface area contributed by atoms with E-state index in [2.05, 4.69) is 10.0 Å². The summed E-state index contributed by atoms with van der Waals surface area (Å²) in [5.74, 6) is 0.952. The van der Waals surface area contributed by atoms with Gasteiger partial charge in [0.05, 0.1) is 10.9 Å². The summed E-state index contributed by atoms with van der Waals surface area (Å²) in [6.07, 6.45) is 0. The van der Waals surface area contributed by atoms with E-state index in [0.29, 0.717) is 36.0 Å². The van der Waals surface area contributed by atoms with Crippen molar-refractivity contribution in [3.05, 3.63) is 82.9 Å². The third-order valence-electron chi connectivity index (χ3n) is 5.46. The van der Waals surface area contributed by atoms with Crippen molar-refractivity contribution in [3.8, 4) is 11.5 Å². The number of hydrogen-bond acceptors (Lipinski definition) is 5. The molecule has 0 bridgehead atoms. The maximum Gasteiger partial charge on any atom is 0.262 e. The lowest BCUT2D eigenvalue weighted by Crippen LogP contribution is -2.27. The Morgan fingerprint density at radius 3 is 2.33 bits per heavy atom. The van der Waals surface area contributed by atoms with Crippen molar-refractivity contribution >= 4 is 21.6 Å². The number of hydrogen-bond donors (Lipinski definition) is 2. The highest BCUT2D eigenvalue weighted by molar-refractivity contribution is 7.92. The molecular formula is C25H26N2O5S. The van der Waals surface area contributed by atoms with Crippen LogP contribution in [0.3, 0.4) is 0 Å². The van der Waals surface area contributed by atoms with Crippen LogP contribution in [0.2, 0.25) is 0 Å². The van der Waals surface area contributed by atoms with E-state index >= 15 is 0 Å². The highest BCUT2D eigenvalue weighted by Crippen LogP contribution is 2.32. The molecule has 0 spiro atoms. The Labute approximate surface area is 193 Å². The van der Waals surface area contributed by atoms with Gasteiger partial charge in [-0.1, -0.05) is 29.8 Å². The van der Waals surface area contributed by atoms with Crippen molar-refractivity contribution in [1.29, 1.82) is 0 Å². The van der Waals surface area contributed by atoms with Gasteiger partial charge in [0.15, 0.2) is 11.5 Å². The molecule has 0 unspecified atom stereocenters. The lowest BCUT2D eigenvalue weighted by atomic mass is 10.1. The zero-order valence-electron chi connectivity index (χ0n) is 18.7. The second kappa shape index (κ2) is 9.15. The average molecular weight is 467 g/mol. The molecule has 4 rings (SSSR count). The fourth-order valence-electron chi connectivity index (χ4n) is 3.56. The van der Waals surface area contributed by atoms with Crippen molar-refractivity contribution in [2.75, 3.05) is 17.9 Å². The monoisotopic (exact) mass is 466 g/mol. The number of aryl methyl sites for hydroxylation is 2. The van der Waals surface area contributed by atoms with E-state index in [9.17, 15) is 13.2 Å². The molecule has 1 amide bonds. The van der Waals surface area contributed by atoms with Crippen molar-refractivity contribution in [3.63, 3.8) is 0 Å². The molecule has 0 aromatic heterocycles. The molecule has 1 atom stereocenters. The number of rotatable bonds is 6. The minimum Gasteiger partial charge on any atom is -0.486 e. The molecule has 8 heteroatoms. The lowest BCUT2D eigenvalue weighted by molar-refractivity contribution is 0.0939. The van der Waals surface area contributed by atoms with Gasteiger partial charge in [0.25, 0.3) is 15.9 Å². The largest absolute Gasteiger partial charge is 0.486 e. The number of amides is 1. The Kier molecular flexibility index (Phi) is 6.29. The number of carbonyl (C=O) groups excluding carboxylic acids is 1. The van der Waals surface area contributed by atoms with Crippen LogP contribution in [0.4, 0.5) is 5.69 Å². The van der Waals surface area contributed by atoms with Gasteiger partial charge in [-0.3, -0.25) is 9.52 Å². The third-order valence-corrected chi connectivity index (χ3v) is 6.98. The molecule has 33 heavy (non-hydrogen) atoms. The average Bonchev–Trinajstić information content (AvgIpc) is 2.80. The van der Waals surface area contributed by atoms with E-state index in [1.165, 1.54) is 6.07 Å². The van der Waals surface area contributed by atoms with Crippen molar-refractivity contribution in [1.82, 2.24) is 5.32 Å². The molecule has 0 radical (unpaired) electrons. The highest BCUT2D eigenvalue weighted by Gasteiger charge is 2.21. The first kappa shape index (κ1) is 22.7. The van der Waals surface area contributed by atoms with Gasteiger partial charge in [0.2, 0.25) is 0 Å². The van der Waals surface area contributed by atoms with Crippen LogP contribution in [0.15, 0.2) is 65.6 Å². The summed E-state index contributed by atoms with van der Waals surface area (Å²) in [5, 5.41) is 2.92. The number of ether oxygens (including phenoxy) is 2. The summed E-state index contributed by atoms with van der Waals surface area (Å²) in [5.41, 5.74) is 3.15. The van der Waals surface area contributed by atoms with Crippen molar-refractivity contribution in [2.24, 2.45) is 0 Å². The van der Waals surface area contributed by atoms with Gasteiger partial charge in [-0.2, -0.15) is 0 Å². The van der Waals surface area contributed by atoms with E-state index in [1.807, 2.05) is 44.2 Å². The molecular weight excluding hydrogens is 440 g/mol. The molecule has 7 nitrogen and oxygen atoms in total. The molecule has 3 aromatic carbocycles.